The number of hydrogen-bond acceptors (Lipinski definition) is 8. The summed E-state index contributed by atoms with van der Waals surface area (Å²) in [6, 6.07) is 16.9. The molecule has 0 aliphatic carbocycles. The fourth-order valence-electron chi connectivity index (χ4n) is 5.52. The molecule has 0 saturated heterocycles. The topological polar surface area (TPSA) is 151 Å². The van der Waals surface area contributed by atoms with Gasteiger partial charge in [-0.15, -0.1) is 11.3 Å². The molecule has 0 aliphatic rings. The summed E-state index contributed by atoms with van der Waals surface area (Å²) in [6.07, 6.45) is -6.06. The number of ether oxygens (including phenoxy) is 1. The first kappa shape index (κ1) is 38.6. The molecule has 0 bridgehead atoms. The number of hydrogen-bond donors (Lipinski definition) is 4. The lowest BCUT2D eigenvalue weighted by Crippen LogP contribution is -2.52. The molecule has 16 heteroatoms. The predicted octanol–water partition coefficient (Wildman–Crippen LogP) is 6.39. The molecule has 4 rings (SSSR count). The van der Waals surface area contributed by atoms with E-state index in [1.165, 1.54) is 18.2 Å². The summed E-state index contributed by atoms with van der Waals surface area (Å²) in [6.45, 7) is 2.33. The van der Waals surface area contributed by atoms with Crippen molar-refractivity contribution in [3.8, 4) is 0 Å². The molecule has 5 N–H and O–H groups in total. The van der Waals surface area contributed by atoms with Gasteiger partial charge in [0.2, 0.25) is 15.9 Å². The number of carbonyl (C=O) groups excluding carboxylic acids is 2. The largest absolute Gasteiger partial charge is 0.453 e. The molecule has 0 fully saturated rings. The van der Waals surface area contributed by atoms with E-state index in [-0.39, 0.29) is 25.4 Å². The third-order valence-corrected chi connectivity index (χ3v) is 11.5. The second kappa shape index (κ2) is 16.2. The fourth-order valence-corrected chi connectivity index (χ4v) is 8.84. The number of alkyl halides is 3. The Kier molecular flexibility index (Phi) is 12.6. The van der Waals surface area contributed by atoms with Gasteiger partial charge < -0.3 is 26.2 Å². The summed E-state index contributed by atoms with van der Waals surface area (Å²) < 4.78 is 77.6. The van der Waals surface area contributed by atoms with Crippen LogP contribution < -0.4 is 16.4 Å². The van der Waals surface area contributed by atoms with Gasteiger partial charge in [0, 0.05) is 21.7 Å². The van der Waals surface area contributed by atoms with E-state index in [0.29, 0.717) is 22.5 Å². The van der Waals surface area contributed by atoms with E-state index >= 15 is 0 Å². The average molecular weight is 753 g/mol. The third-order valence-electron chi connectivity index (χ3n) is 7.80. The van der Waals surface area contributed by atoms with Crippen LogP contribution in [0.1, 0.15) is 52.7 Å². The zero-order valence-electron chi connectivity index (χ0n) is 27.1. The van der Waals surface area contributed by atoms with Crippen molar-refractivity contribution in [2.45, 2.75) is 55.0 Å². The number of carbonyl (C=O) groups is 2. The Morgan fingerprint density at radius 1 is 0.940 bits per heavy atom. The van der Waals surface area contributed by atoms with Crippen molar-refractivity contribution >= 4 is 50.6 Å². The Morgan fingerprint density at radius 3 is 1.98 bits per heavy atom. The Bertz CT molecular complexity index is 1840. The number of sulfonamides is 1. The van der Waals surface area contributed by atoms with Gasteiger partial charge in [0.1, 0.15) is 6.04 Å². The fraction of sp³-hybridized carbons (Fsp3) is 0.294. The smallest absolute Gasteiger partial charge is 0.413 e. The predicted molar refractivity (Wildman–Crippen MR) is 185 cm³/mol. The second-order valence-electron chi connectivity index (χ2n) is 11.4. The number of rotatable bonds is 13. The van der Waals surface area contributed by atoms with E-state index in [1.54, 1.807) is 74.5 Å². The van der Waals surface area contributed by atoms with E-state index in [9.17, 15) is 36.3 Å². The summed E-state index contributed by atoms with van der Waals surface area (Å²) in [5.74, 6) is -2.08. The number of thiophene rings is 1. The minimum atomic E-state index is -5.03. The van der Waals surface area contributed by atoms with E-state index in [2.05, 4.69) is 10.6 Å². The number of nitrogens with zero attached hydrogens (tertiary/aromatic N) is 1. The highest BCUT2D eigenvalue weighted by Gasteiger charge is 2.46. The molecular formula is C34H36ClF3N4O6S2. The van der Waals surface area contributed by atoms with Gasteiger partial charge >= 0.3 is 12.3 Å². The number of methoxy groups -OCH3 is 1. The lowest BCUT2D eigenvalue weighted by atomic mass is 9.84. The highest BCUT2D eigenvalue weighted by atomic mass is 35.5. The van der Waals surface area contributed by atoms with Crippen LogP contribution in [0.5, 0.6) is 0 Å². The van der Waals surface area contributed by atoms with Crippen LogP contribution in [0.4, 0.5) is 23.7 Å². The second-order valence-corrected chi connectivity index (χ2v) is 14.8. The number of benzene rings is 3. The molecule has 268 valence electrons. The molecule has 1 aromatic heterocycles. The number of nitrogen functional groups attached to an aromatic ring is 1. The van der Waals surface area contributed by atoms with Gasteiger partial charge in [0.05, 0.1) is 35.4 Å². The van der Waals surface area contributed by atoms with Crippen molar-refractivity contribution in [2.75, 3.05) is 19.5 Å². The first-order chi connectivity index (χ1) is 23.6. The highest BCUT2D eigenvalue weighted by molar-refractivity contribution is 7.89. The Morgan fingerprint density at radius 2 is 1.50 bits per heavy atom. The van der Waals surface area contributed by atoms with Gasteiger partial charge in [-0.1, -0.05) is 72.3 Å². The lowest BCUT2D eigenvalue weighted by Gasteiger charge is -2.32. The zero-order valence-corrected chi connectivity index (χ0v) is 29.5. The zero-order chi connectivity index (χ0) is 36.8. The monoisotopic (exact) mass is 752 g/mol. The van der Waals surface area contributed by atoms with E-state index in [0.717, 1.165) is 23.5 Å². The molecule has 2 amide bonds. The maximum Gasteiger partial charge on any atom is 0.413 e. The molecule has 0 unspecified atom stereocenters. The molecule has 0 saturated carbocycles. The number of nitrogens with one attached hydrogen (secondary N) is 2. The van der Waals surface area contributed by atoms with E-state index in [4.69, 9.17) is 22.1 Å². The van der Waals surface area contributed by atoms with Gasteiger partial charge in [-0.05, 0) is 55.3 Å². The quantitative estimate of drug-likeness (QED) is 0.116. The van der Waals surface area contributed by atoms with Crippen LogP contribution in [-0.2, 0) is 19.6 Å². The molecule has 4 aromatic rings. The van der Waals surface area contributed by atoms with Crippen LogP contribution >= 0.6 is 22.9 Å². The number of aliphatic hydroxyl groups is 1. The Hall–Kier alpha value is -4.15. The van der Waals surface area contributed by atoms with Crippen LogP contribution in [0, 0.1) is 0 Å². The van der Waals surface area contributed by atoms with Crippen molar-refractivity contribution in [3.63, 3.8) is 0 Å². The van der Waals surface area contributed by atoms with E-state index < -0.39 is 64.9 Å². The minimum Gasteiger partial charge on any atom is -0.453 e. The molecule has 10 nitrogen and oxygen atoms in total. The molecular weight excluding hydrogens is 717 g/mol. The van der Waals surface area contributed by atoms with Crippen LogP contribution in [-0.4, -0.2) is 61.8 Å². The van der Waals surface area contributed by atoms with Crippen molar-refractivity contribution < 1.29 is 41.0 Å². The molecule has 3 atom stereocenters. The van der Waals surface area contributed by atoms with Crippen molar-refractivity contribution in [1.29, 1.82) is 0 Å². The number of alkyl carbamates (subject to hydrolysis) is 1. The summed E-state index contributed by atoms with van der Waals surface area (Å²) in [7, 11) is -3.28. The maximum atomic E-state index is 14.8. The first-order valence-corrected chi connectivity index (χ1v) is 17.8. The number of anilines is 1. The average Bonchev–Trinajstić information content (AvgIpc) is 3.56. The van der Waals surface area contributed by atoms with Gasteiger partial charge in [0.15, 0.2) is 6.04 Å². The van der Waals surface area contributed by atoms with Gasteiger partial charge in [-0.25, -0.2) is 13.2 Å². The van der Waals surface area contributed by atoms with Gasteiger partial charge in [0.25, 0.3) is 0 Å². The van der Waals surface area contributed by atoms with Crippen LogP contribution in [0.25, 0.3) is 0 Å². The number of amides is 2. The Balaban J connectivity index is 1.73. The minimum absolute atomic E-state index is 0.0146. The van der Waals surface area contributed by atoms with Crippen molar-refractivity contribution in [3.05, 3.63) is 117 Å². The van der Waals surface area contributed by atoms with Crippen molar-refractivity contribution in [2.24, 2.45) is 0 Å². The standard InChI is InChI=1S/C34H36ClF3N4O6S2/c1-20(2)42(50(46,47)23-14-15-25(39)24(35)18-23)26(19-43)27-16-17-28(49-27)31(34(36,37)38)41-32(44)30(40-33(45)48-3)29(21-10-6-4-7-11-21)22-12-8-5-9-13-22/h4-18,20,26,29-31,43H,19,39H2,1-3H3,(H,40,45)(H,41,44)/t26-,30+,31-/m1/s1. The van der Waals surface area contributed by atoms with Crippen molar-refractivity contribution in [1.82, 2.24) is 14.9 Å². The highest BCUT2D eigenvalue weighted by Crippen LogP contribution is 2.41. The summed E-state index contributed by atoms with van der Waals surface area (Å²) >= 11 is 6.66. The lowest BCUT2D eigenvalue weighted by molar-refractivity contribution is -0.163. The maximum absolute atomic E-state index is 14.8. The van der Waals surface area contributed by atoms with Gasteiger partial charge in [-0.3, -0.25) is 4.79 Å². The SMILES string of the molecule is COC(=O)N[C@H](C(=O)N[C@H](c1ccc([C@@H](CO)N(C(C)C)S(=O)(=O)c2ccc(N)c(Cl)c2)s1)C(F)(F)F)C(c1ccccc1)c1ccccc1. The first-order valence-electron chi connectivity index (χ1n) is 15.2. The third kappa shape index (κ3) is 8.76. The number of aliphatic hydroxyl groups excluding tert-OH is 1. The Labute approximate surface area is 297 Å². The molecule has 3 aromatic carbocycles. The normalized spacial score (nSPS) is 14.0. The molecule has 1 heterocycles. The number of nitrogens with two attached hydrogens (primary N) is 1. The van der Waals surface area contributed by atoms with E-state index in [1.807, 2.05) is 0 Å². The molecule has 0 radical (unpaired) electrons. The van der Waals surface area contributed by atoms with Crippen LogP contribution in [0.2, 0.25) is 5.02 Å². The summed E-state index contributed by atoms with van der Waals surface area (Å²) in [4.78, 5) is 25.9. The molecule has 0 spiro atoms. The van der Waals surface area contributed by atoms with Crippen LogP contribution in [0.3, 0.4) is 0 Å². The number of halogens is 4. The van der Waals surface area contributed by atoms with Crippen LogP contribution in [0.15, 0.2) is 95.9 Å². The molecule has 0 aliphatic heterocycles. The summed E-state index contributed by atoms with van der Waals surface area (Å²) in [5.41, 5.74) is 6.97. The summed E-state index contributed by atoms with van der Waals surface area (Å²) in [5, 5.41) is 14.9. The van der Waals surface area contributed by atoms with Gasteiger partial charge in [-0.2, -0.15) is 17.5 Å². The molecule has 50 heavy (non-hydrogen) atoms.